The zero-order valence-electron chi connectivity index (χ0n) is 15.5. The second kappa shape index (κ2) is 7.59. The topological polar surface area (TPSA) is 129 Å². The summed E-state index contributed by atoms with van der Waals surface area (Å²) in [6.45, 7) is 0. The predicted octanol–water partition coefficient (Wildman–Crippen LogP) is 1.73. The first-order valence-corrected chi connectivity index (χ1v) is 10.1. The summed E-state index contributed by atoms with van der Waals surface area (Å²) in [4.78, 5) is 12.1. The van der Waals surface area contributed by atoms with Crippen LogP contribution in [0.15, 0.2) is 58.5 Å². The molecule has 1 aliphatic heterocycles. The lowest BCUT2D eigenvalue weighted by Crippen LogP contribution is -2.26. The molecule has 2 aromatic carbocycles. The number of anilines is 2. The van der Waals surface area contributed by atoms with Gasteiger partial charge in [-0.05, 0) is 23.7 Å². The Kier molecular flexibility index (Phi) is 5.07. The molecule has 31 heavy (non-hydrogen) atoms. The number of hydrogen-bond donors (Lipinski definition) is 2. The zero-order valence-corrected chi connectivity index (χ0v) is 16.3. The minimum Gasteiger partial charge on any atom is -0.395 e. The first-order chi connectivity index (χ1) is 14.6. The van der Waals surface area contributed by atoms with E-state index in [2.05, 4.69) is 29.8 Å². The minimum absolute atomic E-state index is 0.0109. The molecule has 13 heteroatoms. The fourth-order valence-corrected chi connectivity index (χ4v) is 3.43. The van der Waals surface area contributed by atoms with Crippen LogP contribution in [0.4, 0.5) is 26.2 Å². The highest BCUT2D eigenvalue weighted by atomic mass is 32.2. The second-order valence-electron chi connectivity index (χ2n) is 6.24. The van der Waals surface area contributed by atoms with Gasteiger partial charge in [0.25, 0.3) is 0 Å². The number of halogens is 2. The number of para-hydroxylation sites is 1. The number of aliphatic imine (C=N–C) groups is 1. The van der Waals surface area contributed by atoms with Crippen molar-refractivity contribution < 1.29 is 26.7 Å². The first kappa shape index (κ1) is 20.7. The summed E-state index contributed by atoms with van der Waals surface area (Å²) in [5.74, 6) is -0.367. The predicted molar refractivity (Wildman–Crippen MR) is 108 cm³/mol. The van der Waals surface area contributed by atoms with Crippen LogP contribution in [-0.4, -0.2) is 38.7 Å². The second-order valence-corrected chi connectivity index (χ2v) is 7.77. The molecule has 9 nitrogen and oxygen atoms in total. The quantitative estimate of drug-likeness (QED) is 0.454. The van der Waals surface area contributed by atoms with E-state index in [4.69, 9.17) is 13.0 Å². The highest BCUT2D eigenvalue weighted by Gasteiger charge is 2.44. The van der Waals surface area contributed by atoms with E-state index in [1.54, 1.807) is 6.07 Å². The van der Waals surface area contributed by atoms with Gasteiger partial charge in [-0.15, -0.1) is 8.78 Å². The summed E-state index contributed by atoms with van der Waals surface area (Å²) in [7, 11) is 1.88. The van der Waals surface area contributed by atoms with Crippen LogP contribution >= 0.6 is 0 Å². The lowest BCUT2D eigenvalue weighted by atomic mass is 9.99. The molecule has 4 rings (SSSR count). The molecule has 1 aliphatic rings. The molecule has 0 saturated heterocycles. The van der Waals surface area contributed by atoms with Crippen molar-refractivity contribution in [2.45, 2.75) is 11.2 Å². The smallest absolute Gasteiger partial charge is 0.395 e. The van der Waals surface area contributed by atoms with E-state index >= 15 is 0 Å². The summed E-state index contributed by atoms with van der Waals surface area (Å²) in [5, 5.41) is 7.94. The van der Waals surface area contributed by atoms with Gasteiger partial charge in [-0.3, -0.25) is 0 Å². The van der Waals surface area contributed by atoms with Gasteiger partial charge >= 0.3 is 6.29 Å². The van der Waals surface area contributed by atoms with Crippen LogP contribution in [-0.2, 0) is 10.0 Å². The average Bonchev–Trinajstić information content (AvgIpc) is 3.03. The molecule has 3 N–H and O–H groups in total. The molecule has 0 fully saturated rings. The number of sulfonamides is 1. The van der Waals surface area contributed by atoms with E-state index in [-0.39, 0.29) is 44.9 Å². The largest absolute Gasteiger partial charge is 0.586 e. The zero-order chi connectivity index (χ0) is 22.2. The van der Waals surface area contributed by atoms with E-state index in [0.717, 1.165) is 0 Å². The lowest BCUT2D eigenvalue weighted by Gasteiger charge is -2.09. The molecule has 0 saturated carbocycles. The van der Waals surface area contributed by atoms with Gasteiger partial charge in [0.1, 0.15) is 13.7 Å². The standard InChI is InChI=1S/C18H12BF2N5O4S/c19-11-9-24-17(25-12-5-3-6-13-15(12)30-18(20,21)29-13)26-16(11)23-8-10-4-1-2-7-14(10)31(22,27)28/h1-9H,(H2,22,27,28)(H,24,25,26). The van der Waals surface area contributed by atoms with Crippen molar-refractivity contribution in [3.63, 3.8) is 0 Å². The summed E-state index contributed by atoms with van der Waals surface area (Å²) in [6.07, 6.45) is -1.29. The van der Waals surface area contributed by atoms with Crippen molar-refractivity contribution in [2.24, 2.45) is 10.1 Å². The van der Waals surface area contributed by atoms with E-state index in [9.17, 15) is 17.2 Å². The van der Waals surface area contributed by atoms with E-state index in [1.165, 1.54) is 48.8 Å². The van der Waals surface area contributed by atoms with Crippen LogP contribution in [0.1, 0.15) is 5.56 Å². The summed E-state index contributed by atoms with van der Waals surface area (Å²) in [5.41, 5.74) is 0.458. The Morgan fingerprint density at radius 2 is 1.94 bits per heavy atom. The summed E-state index contributed by atoms with van der Waals surface area (Å²) < 4.78 is 59.0. The number of alkyl halides is 2. The summed E-state index contributed by atoms with van der Waals surface area (Å²) in [6, 6.07) is 10.2. The van der Waals surface area contributed by atoms with Crippen molar-refractivity contribution in [3.05, 3.63) is 54.2 Å². The first-order valence-electron chi connectivity index (χ1n) is 8.57. The number of aromatic nitrogens is 2. The molecule has 3 aromatic rings. The highest BCUT2D eigenvalue weighted by Crippen LogP contribution is 2.46. The SMILES string of the molecule is [B]c1cnc(Nc2cccc3c2OC(F)(F)O3)nc1N=Cc1ccccc1S(N)(=O)=O. The number of benzene rings is 2. The number of nitrogens with two attached hydrogens (primary N) is 1. The molecule has 0 spiro atoms. The molecule has 2 radical (unpaired) electrons. The molecule has 1 aromatic heterocycles. The maximum absolute atomic E-state index is 13.4. The Morgan fingerprint density at radius 3 is 2.71 bits per heavy atom. The Morgan fingerprint density at radius 1 is 1.16 bits per heavy atom. The molecular formula is C18H12BF2N5O4S. The Balaban J connectivity index is 1.63. The molecular weight excluding hydrogens is 431 g/mol. The fourth-order valence-electron chi connectivity index (χ4n) is 2.71. The fraction of sp³-hybridized carbons (Fsp3) is 0.0556. The van der Waals surface area contributed by atoms with Crippen molar-refractivity contribution in [1.82, 2.24) is 9.97 Å². The van der Waals surface area contributed by atoms with Crippen LogP contribution in [0, 0.1) is 0 Å². The third-order valence-corrected chi connectivity index (χ3v) is 5.01. The van der Waals surface area contributed by atoms with Crippen molar-refractivity contribution in [2.75, 3.05) is 5.32 Å². The van der Waals surface area contributed by atoms with Crippen LogP contribution in [0.3, 0.4) is 0 Å². The third kappa shape index (κ3) is 4.46. The minimum atomic E-state index is -3.97. The van der Waals surface area contributed by atoms with E-state index in [1.807, 2.05) is 0 Å². The van der Waals surface area contributed by atoms with E-state index < -0.39 is 16.3 Å². The molecule has 2 heterocycles. The monoisotopic (exact) mass is 443 g/mol. The van der Waals surface area contributed by atoms with Crippen LogP contribution in [0.5, 0.6) is 11.5 Å². The summed E-state index contributed by atoms with van der Waals surface area (Å²) >= 11 is 0. The van der Waals surface area contributed by atoms with Crippen LogP contribution in [0.25, 0.3) is 0 Å². The molecule has 156 valence electrons. The normalized spacial score (nSPS) is 14.7. The average molecular weight is 443 g/mol. The van der Waals surface area contributed by atoms with Gasteiger partial charge in [-0.25, -0.2) is 23.5 Å². The Hall–Kier alpha value is -3.58. The number of nitrogens with one attached hydrogen (secondary N) is 1. The highest BCUT2D eigenvalue weighted by molar-refractivity contribution is 7.89. The third-order valence-electron chi connectivity index (χ3n) is 4.02. The van der Waals surface area contributed by atoms with Gasteiger partial charge in [0.05, 0.1) is 10.6 Å². The lowest BCUT2D eigenvalue weighted by molar-refractivity contribution is -0.286. The Bertz CT molecular complexity index is 1300. The van der Waals surface area contributed by atoms with E-state index in [0.29, 0.717) is 0 Å². The van der Waals surface area contributed by atoms with Crippen LogP contribution < -0.4 is 25.4 Å². The van der Waals surface area contributed by atoms with Gasteiger partial charge in [0.15, 0.2) is 11.5 Å². The van der Waals surface area contributed by atoms with Crippen LogP contribution in [0.2, 0.25) is 0 Å². The number of primary sulfonamides is 1. The molecule has 0 amide bonds. The van der Waals surface area contributed by atoms with Gasteiger partial charge in [-0.2, -0.15) is 4.98 Å². The molecule has 0 atom stereocenters. The number of nitrogens with zero attached hydrogens (tertiary/aromatic N) is 3. The maximum Gasteiger partial charge on any atom is 0.586 e. The number of fused-ring (bicyclic) bond motifs is 1. The number of rotatable bonds is 5. The van der Waals surface area contributed by atoms with Crippen molar-refractivity contribution in [1.29, 1.82) is 0 Å². The molecule has 0 unspecified atom stereocenters. The van der Waals surface area contributed by atoms with Gasteiger partial charge in [0.2, 0.25) is 16.0 Å². The van der Waals surface area contributed by atoms with Gasteiger partial charge in [-0.1, -0.05) is 24.3 Å². The maximum atomic E-state index is 13.4. The van der Waals surface area contributed by atoms with Gasteiger partial charge < -0.3 is 14.8 Å². The number of hydrogen-bond acceptors (Lipinski definition) is 8. The van der Waals surface area contributed by atoms with Crippen molar-refractivity contribution >= 4 is 47.0 Å². The number of ether oxygens (including phenoxy) is 2. The molecule has 0 bridgehead atoms. The van der Waals surface area contributed by atoms with Crippen molar-refractivity contribution in [3.8, 4) is 11.5 Å². The molecule has 0 aliphatic carbocycles. The Labute approximate surface area is 176 Å². The van der Waals surface area contributed by atoms with Gasteiger partial charge in [0, 0.05) is 18.0 Å².